The number of aromatic nitrogens is 2. The van der Waals surface area contributed by atoms with Crippen LogP contribution in [0.2, 0.25) is 0 Å². The van der Waals surface area contributed by atoms with Gasteiger partial charge in [0.25, 0.3) is 5.91 Å². The van der Waals surface area contributed by atoms with Crippen LogP contribution < -0.4 is 0 Å². The van der Waals surface area contributed by atoms with Gasteiger partial charge in [0.1, 0.15) is 24.7 Å². The molecule has 2 atom stereocenters. The van der Waals surface area contributed by atoms with Gasteiger partial charge in [0.05, 0.1) is 5.56 Å². The van der Waals surface area contributed by atoms with Crippen molar-refractivity contribution in [3.8, 4) is 11.1 Å². The van der Waals surface area contributed by atoms with E-state index in [1.165, 1.54) is 30.3 Å². The van der Waals surface area contributed by atoms with Gasteiger partial charge in [-0.25, -0.2) is 24.1 Å². The van der Waals surface area contributed by atoms with E-state index in [0.29, 0.717) is 15.4 Å². The molecule has 2 aliphatic rings. The van der Waals surface area contributed by atoms with Crippen molar-refractivity contribution in [1.29, 1.82) is 0 Å². The highest BCUT2D eigenvalue weighted by Crippen LogP contribution is 2.46. The van der Waals surface area contributed by atoms with E-state index < -0.39 is 72.1 Å². The second-order valence-electron chi connectivity index (χ2n) is 9.65. The maximum absolute atomic E-state index is 14.2. The van der Waals surface area contributed by atoms with Crippen molar-refractivity contribution in [2.75, 3.05) is 6.54 Å². The van der Waals surface area contributed by atoms with E-state index in [1.807, 2.05) is 0 Å². The highest BCUT2D eigenvalue weighted by molar-refractivity contribution is 6.06. The highest BCUT2D eigenvalue weighted by Gasteiger charge is 2.58. The number of benzene rings is 2. The number of amides is 3. The first kappa shape index (κ1) is 28.1. The highest BCUT2D eigenvalue weighted by atomic mass is 19.4. The predicted octanol–water partition coefficient (Wildman–Crippen LogP) is 4.66. The Morgan fingerprint density at radius 2 is 1.73 bits per heavy atom. The molecule has 14 heteroatoms. The Labute approximate surface area is 228 Å². The van der Waals surface area contributed by atoms with Crippen LogP contribution in [0.5, 0.6) is 0 Å². The molecule has 2 aromatic carbocycles. The Hall–Kier alpha value is -4.49. The fraction of sp³-hybridized carbons (Fsp3) is 0.296. The SMILES string of the molecule is CC(N(Cc1ccc(F)cc1)C(=O)CN1C(=O)O[C@@]2(CCc3cc(-c4c(F)ncnc4F)ccc32)C1=O)C(F)(F)F. The number of rotatable bonds is 6. The fourth-order valence-electron chi connectivity index (χ4n) is 5.02. The van der Waals surface area contributed by atoms with Crippen LogP contribution in [0.3, 0.4) is 0 Å². The molecule has 1 aliphatic carbocycles. The lowest BCUT2D eigenvalue weighted by Gasteiger charge is -2.31. The summed E-state index contributed by atoms with van der Waals surface area (Å²) in [6, 6.07) is 6.23. The minimum absolute atomic E-state index is 0.0600. The van der Waals surface area contributed by atoms with E-state index in [4.69, 9.17) is 4.74 Å². The Morgan fingerprint density at radius 3 is 2.37 bits per heavy atom. The lowest BCUT2D eigenvalue weighted by Crippen LogP contribution is -2.51. The van der Waals surface area contributed by atoms with E-state index in [0.717, 1.165) is 25.4 Å². The molecule has 1 fully saturated rings. The fourth-order valence-corrected chi connectivity index (χ4v) is 5.02. The molecule has 0 radical (unpaired) electrons. The molecule has 3 amide bonds. The average molecular weight is 578 g/mol. The summed E-state index contributed by atoms with van der Waals surface area (Å²) in [5.41, 5.74) is -1.41. The van der Waals surface area contributed by atoms with Crippen LogP contribution in [0.4, 0.5) is 31.1 Å². The van der Waals surface area contributed by atoms with E-state index in [9.17, 15) is 40.7 Å². The summed E-state index contributed by atoms with van der Waals surface area (Å²) in [6.45, 7) is -0.850. The number of carbonyl (C=O) groups is 3. The molecule has 1 saturated heterocycles. The molecule has 1 spiro atoms. The Bertz CT molecular complexity index is 1530. The first-order valence-electron chi connectivity index (χ1n) is 12.3. The van der Waals surface area contributed by atoms with Crippen molar-refractivity contribution in [3.05, 3.63) is 83.2 Å². The van der Waals surface area contributed by atoms with Gasteiger partial charge in [-0.1, -0.05) is 30.3 Å². The van der Waals surface area contributed by atoms with Crippen LogP contribution in [0, 0.1) is 17.7 Å². The minimum Gasteiger partial charge on any atom is -0.427 e. The quantitative estimate of drug-likeness (QED) is 0.312. The van der Waals surface area contributed by atoms with Crippen molar-refractivity contribution in [3.63, 3.8) is 0 Å². The largest absolute Gasteiger partial charge is 0.427 e. The molecule has 5 rings (SSSR count). The Morgan fingerprint density at radius 1 is 1.07 bits per heavy atom. The molecule has 0 saturated carbocycles. The monoisotopic (exact) mass is 578 g/mol. The summed E-state index contributed by atoms with van der Waals surface area (Å²) in [5.74, 6) is -4.97. The first-order valence-corrected chi connectivity index (χ1v) is 12.3. The molecule has 214 valence electrons. The van der Waals surface area contributed by atoms with Gasteiger partial charge in [-0.05, 0) is 42.2 Å². The topological polar surface area (TPSA) is 92.7 Å². The van der Waals surface area contributed by atoms with Crippen LogP contribution in [0.1, 0.15) is 30.0 Å². The lowest BCUT2D eigenvalue weighted by atomic mass is 9.93. The molecule has 2 heterocycles. The zero-order valence-corrected chi connectivity index (χ0v) is 21.2. The average Bonchev–Trinajstić information content (AvgIpc) is 3.39. The zero-order valence-electron chi connectivity index (χ0n) is 21.2. The number of hydrogen-bond donors (Lipinski definition) is 0. The predicted molar refractivity (Wildman–Crippen MR) is 128 cm³/mol. The number of ether oxygens (including phenoxy) is 1. The van der Waals surface area contributed by atoms with Gasteiger partial charge in [-0.2, -0.15) is 22.0 Å². The van der Waals surface area contributed by atoms with Crippen LogP contribution in [-0.4, -0.2) is 56.4 Å². The summed E-state index contributed by atoms with van der Waals surface area (Å²) >= 11 is 0. The van der Waals surface area contributed by atoms with E-state index in [2.05, 4.69) is 9.97 Å². The van der Waals surface area contributed by atoms with Gasteiger partial charge in [0.2, 0.25) is 23.4 Å². The van der Waals surface area contributed by atoms with Crippen LogP contribution in [-0.2, 0) is 32.9 Å². The molecule has 3 aromatic rings. The zero-order chi connectivity index (χ0) is 29.7. The Kier molecular flexibility index (Phi) is 6.95. The maximum Gasteiger partial charge on any atom is 0.418 e. The van der Waals surface area contributed by atoms with Gasteiger partial charge >= 0.3 is 12.3 Å². The molecule has 1 aromatic heterocycles. The number of aryl methyl sites for hydroxylation is 1. The standard InChI is InChI=1S/C27H20F6N4O4/c1-14(27(31,32)33)36(11-15-2-5-18(28)6-3-15)20(38)12-37-24(39)26(41-25(37)40)9-8-16-10-17(4-7-19(16)26)21-22(29)34-13-35-23(21)30/h2-7,10,13-14H,8-9,11-12H2,1H3/t14?,26-/m1/s1. The lowest BCUT2D eigenvalue weighted by molar-refractivity contribution is -0.187. The van der Waals surface area contributed by atoms with Crippen molar-refractivity contribution in [2.24, 2.45) is 0 Å². The van der Waals surface area contributed by atoms with Gasteiger partial charge in [-0.15, -0.1) is 0 Å². The summed E-state index contributed by atoms with van der Waals surface area (Å²) < 4.78 is 87.9. The molecular weight excluding hydrogens is 558 g/mol. The van der Waals surface area contributed by atoms with Gasteiger partial charge in [0.15, 0.2) is 0 Å². The third kappa shape index (κ3) is 4.98. The second-order valence-corrected chi connectivity index (χ2v) is 9.65. The molecule has 41 heavy (non-hydrogen) atoms. The van der Waals surface area contributed by atoms with E-state index in [1.54, 1.807) is 0 Å². The molecule has 1 unspecified atom stereocenters. The number of hydrogen-bond acceptors (Lipinski definition) is 6. The summed E-state index contributed by atoms with van der Waals surface area (Å²) in [6.07, 6.45) is -5.25. The Balaban J connectivity index is 1.40. The number of halogens is 6. The molecule has 8 nitrogen and oxygen atoms in total. The summed E-state index contributed by atoms with van der Waals surface area (Å²) in [5, 5.41) is 0. The smallest absolute Gasteiger partial charge is 0.418 e. The van der Waals surface area contributed by atoms with Crippen LogP contribution >= 0.6 is 0 Å². The van der Waals surface area contributed by atoms with Crippen LogP contribution in [0.25, 0.3) is 11.1 Å². The van der Waals surface area contributed by atoms with Crippen molar-refractivity contribution >= 4 is 17.9 Å². The summed E-state index contributed by atoms with van der Waals surface area (Å²) in [4.78, 5) is 47.0. The van der Waals surface area contributed by atoms with E-state index >= 15 is 0 Å². The van der Waals surface area contributed by atoms with Crippen molar-refractivity contribution in [1.82, 2.24) is 19.8 Å². The van der Waals surface area contributed by atoms with Crippen molar-refractivity contribution < 1.29 is 45.5 Å². The summed E-state index contributed by atoms with van der Waals surface area (Å²) in [7, 11) is 0. The first-order chi connectivity index (χ1) is 19.3. The maximum atomic E-state index is 14.2. The number of carbonyl (C=O) groups excluding carboxylic acids is 3. The molecular formula is C27H20F6N4O4. The van der Waals surface area contributed by atoms with Crippen LogP contribution in [0.15, 0.2) is 48.8 Å². The third-order valence-electron chi connectivity index (χ3n) is 7.22. The molecule has 0 bridgehead atoms. The van der Waals surface area contributed by atoms with Gasteiger partial charge in [-0.3, -0.25) is 9.59 Å². The minimum atomic E-state index is -4.84. The number of nitrogens with zero attached hydrogens (tertiary/aromatic N) is 4. The van der Waals surface area contributed by atoms with Gasteiger partial charge < -0.3 is 9.64 Å². The molecule has 1 aliphatic heterocycles. The van der Waals surface area contributed by atoms with E-state index in [-0.39, 0.29) is 29.5 Å². The third-order valence-corrected chi connectivity index (χ3v) is 7.22. The number of fused-ring (bicyclic) bond motifs is 2. The number of imide groups is 1. The van der Waals surface area contributed by atoms with Crippen molar-refractivity contribution in [2.45, 2.75) is 44.1 Å². The second kappa shape index (κ2) is 10.2. The van der Waals surface area contributed by atoms with Gasteiger partial charge in [0, 0.05) is 18.5 Å². The molecule has 0 N–H and O–H groups in total. The normalized spacial score (nSPS) is 19.0. The number of alkyl halides is 3.